The Morgan fingerprint density at radius 3 is 2.87 bits per heavy atom. The van der Waals surface area contributed by atoms with Crippen LogP contribution in [0.2, 0.25) is 0 Å². The molecule has 1 amide bonds. The predicted octanol–water partition coefficient (Wildman–Crippen LogP) is 0.629. The summed E-state index contributed by atoms with van der Waals surface area (Å²) >= 11 is 0. The first-order valence-corrected chi connectivity index (χ1v) is 4.40. The molecule has 0 unspecified atom stereocenters. The zero-order valence-electron chi connectivity index (χ0n) is 8.61. The number of hydrogen-bond acceptors (Lipinski definition) is 4. The zero-order valence-corrected chi connectivity index (χ0v) is 8.61. The van der Waals surface area contributed by atoms with Gasteiger partial charge in [0.05, 0.1) is 0 Å². The quantitative estimate of drug-likeness (QED) is 0.755. The molecule has 1 aromatic rings. The largest absolute Gasteiger partial charge is 0.372 e. The number of nitrogens with two attached hydrogens (primary N) is 1. The summed E-state index contributed by atoms with van der Waals surface area (Å²) in [5.41, 5.74) is 5.29. The minimum absolute atomic E-state index is 0.292. The molecule has 0 atom stereocenters. The Balaban J connectivity index is 2.91. The molecule has 0 spiro atoms. The number of nitrogens with zero attached hydrogens (tertiary/aromatic N) is 2. The van der Waals surface area contributed by atoms with Crippen molar-refractivity contribution in [3.8, 4) is 6.07 Å². The molecule has 0 radical (unpaired) electrons. The molecular weight excluding hydrogens is 192 g/mol. The Kier molecular flexibility index (Phi) is 2.90. The fraction of sp³-hybridized carbons (Fsp3) is 0.300. The molecule has 0 bridgehead atoms. The van der Waals surface area contributed by atoms with Crippen molar-refractivity contribution in [1.29, 1.82) is 5.26 Å². The van der Waals surface area contributed by atoms with Gasteiger partial charge in [0.1, 0.15) is 17.3 Å². The minimum Gasteiger partial charge on any atom is -0.372 e. The van der Waals surface area contributed by atoms with Crippen molar-refractivity contribution >= 4 is 11.6 Å². The lowest BCUT2D eigenvalue weighted by molar-refractivity contribution is -0.121. The van der Waals surface area contributed by atoms with Crippen molar-refractivity contribution in [2.75, 3.05) is 5.32 Å². The Bertz CT molecular complexity index is 420. The van der Waals surface area contributed by atoms with Crippen LogP contribution in [0.5, 0.6) is 0 Å². The molecular formula is C10H12N4O. The van der Waals surface area contributed by atoms with E-state index in [0.717, 1.165) is 0 Å². The van der Waals surface area contributed by atoms with Crippen molar-refractivity contribution in [3.63, 3.8) is 0 Å². The van der Waals surface area contributed by atoms with Gasteiger partial charge < -0.3 is 11.1 Å². The summed E-state index contributed by atoms with van der Waals surface area (Å²) in [5, 5.41) is 11.6. The van der Waals surface area contributed by atoms with E-state index in [9.17, 15) is 4.79 Å². The topological polar surface area (TPSA) is 91.8 Å². The number of amides is 1. The second kappa shape index (κ2) is 3.96. The average Bonchev–Trinajstić information content (AvgIpc) is 2.17. The molecule has 0 aliphatic rings. The van der Waals surface area contributed by atoms with Crippen molar-refractivity contribution in [3.05, 3.63) is 24.0 Å². The predicted molar refractivity (Wildman–Crippen MR) is 55.8 cm³/mol. The third-order valence-corrected chi connectivity index (χ3v) is 1.95. The minimum atomic E-state index is -0.853. The first-order valence-electron chi connectivity index (χ1n) is 4.40. The molecule has 3 N–H and O–H groups in total. The van der Waals surface area contributed by atoms with Crippen molar-refractivity contribution in [1.82, 2.24) is 4.98 Å². The summed E-state index contributed by atoms with van der Waals surface area (Å²) < 4.78 is 0. The molecule has 0 aliphatic carbocycles. The summed E-state index contributed by atoms with van der Waals surface area (Å²) in [4.78, 5) is 14.9. The number of pyridine rings is 1. The number of primary amides is 1. The highest BCUT2D eigenvalue weighted by molar-refractivity contribution is 5.86. The standard InChI is InChI=1S/C10H12N4O/c1-10(2,9(12)15)14-7-3-4-13-8(5-7)6-11/h3-5H,1-2H3,(H2,12,15)(H,13,14). The Morgan fingerprint density at radius 2 is 2.33 bits per heavy atom. The lowest BCUT2D eigenvalue weighted by atomic mass is 10.0. The van der Waals surface area contributed by atoms with E-state index in [1.165, 1.54) is 6.20 Å². The monoisotopic (exact) mass is 204 g/mol. The molecule has 1 aromatic heterocycles. The maximum Gasteiger partial charge on any atom is 0.242 e. The fourth-order valence-corrected chi connectivity index (χ4v) is 0.992. The second-order valence-corrected chi connectivity index (χ2v) is 3.66. The highest BCUT2D eigenvalue weighted by atomic mass is 16.1. The lowest BCUT2D eigenvalue weighted by Gasteiger charge is -2.23. The van der Waals surface area contributed by atoms with Crippen LogP contribution in [0.3, 0.4) is 0 Å². The van der Waals surface area contributed by atoms with Gasteiger partial charge in [-0.3, -0.25) is 4.79 Å². The molecule has 0 saturated carbocycles. The summed E-state index contributed by atoms with van der Waals surface area (Å²) in [6.45, 7) is 3.34. The lowest BCUT2D eigenvalue weighted by Crippen LogP contribution is -2.45. The van der Waals surface area contributed by atoms with Crippen LogP contribution < -0.4 is 11.1 Å². The van der Waals surface area contributed by atoms with Crippen LogP contribution in [0, 0.1) is 11.3 Å². The van der Waals surface area contributed by atoms with Crippen LogP contribution in [-0.4, -0.2) is 16.4 Å². The average molecular weight is 204 g/mol. The van der Waals surface area contributed by atoms with Crippen LogP contribution in [0.4, 0.5) is 5.69 Å². The number of aromatic nitrogens is 1. The van der Waals surface area contributed by atoms with Gasteiger partial charge in [0.15, 0.2) is 0 Å². The molecule has 1 rings (SSSR count). The summed E-state index contributed by atoms with van der Waals surface area (Å²) in [5.74, 6) is -0.460. The molecule has 78 valence electrons. The molecule has 5 heteroatoms. The van der Waals surface area contributed by atoms with Gasteiger partial charge in [0.25, 0.3) is 0 Å². The number of nitriles is 1. The maximum atomic E-state index is 11.1. The molecule has 1 heterocycles. The number of hydrogen-bond donors (Lipinski definition) is 2. The Labute approximate surface area is 87.9 Å². The Morgan fingerprint density at radius 1 is 1.67 bits per heavy atom. The van der Waals surface area contributed by atoms with Crippen LogP contribution in [-0.2, 0) is 4.79 Å². The van der Waals surface area contributed by atoms with Crippen LogP contribution in [0.1, 0.15) is 19.5 Å². The van der Waals surface area contributed by atoms with Crippen LogP contribution >= 0.6 is 0 Å². The second-order valence-electron chi connectivity index (χ2n) is 3.66. The summed E-state index contributed by atoms with van der Waals surface area (Å²) in [6, 6.07) is 5.15. The number of anilines is 1. The highest BCUT2D eigenvalue weighted by Crippen LogP contribution is 2.14. The van der Waals surface area contributed by atoms with E-state index in [-0.39, 0.29) is 0 Å². The third kappa shape index (κ3) is 2.68. The van der Waals surface area contributed by atoms with Gasteiger partial charge >= 0.3 is 0 Å². The fourth-order valence-electron chi connectivity index (χ4n) is 0.992. The molecule has 5 nitrogen and oxygen atoms in total. The van der Waals surface area contributed by atoms with Crippen molar-refractivity contribution in [2.45, 2.75) is 19.4 Å². The van der Waals surface area contributed by atoms with E-state index in [2.05, 4.69) is 10.3 Å². The highest BCUT2D eigenvalue weighted by Gasteiger charge is 2.24. The first kappa shape index (κ1) is 11.0. The number of carbonyl (C=O) groups excluding carboxylic acids is 1. The number of nitrogens with one attached hydrogen (secondary N) is 1. The van der Waals surface area contributed by atoms with Gasteiger partial charge in [0, 0.05) is 11.9 Å². The van der Waals surface area contributed by atoms with Gasteiger partial charge in [-0.1, -0.05) is 0 Å². The zero-order chi connectivity index (χ0) is 11.5. The normalized spacial score (nSPS) is 10.5. The van der Waals surface area contributed by atoms with E-state index in [4.69, 9.17) is 11.0 Å². The summed E-state index contributed by atoms with van der Waals surface area (Å²) in [6.07, 6.45) is 1.50. The van der Waals surface area contributed by atoms with E-state index in [1.54, 1.807) is 26.0 Å². The van der Waals surface area contributed by atoms with Gasteiger partial charge in [-0.2, -0.15) is 5.26 Å². The van der Waals surface area contributed by atoms with Crippen molar-refractivity contribution < 1.29 is 4.79 Å². The van der Waals surface area contributed by atoms with E-state index in [1.807, 2.05) is 6.07 Å². The Hall–Kier alpha value is -2.09. The molecule has 0 aromatic carbocycles. The number of carbonyl (C=O) groups is 1. The molecule has 0 fully saturated rings. The SMILES string of the molecule is CC(C)(Nc1ccnc(C#N)c1)C(N)=O. The smallest absolute Gasteiger partial charge is 0.242 e. The van der Waals surface area contributed by atoms with E-state index < -0.39 is 11.4 Å². The van der Waals surface area contributed by atoms with Crippen molar-refractivity contribution in [2.24, 2.45) is 5.73 Å². The summed E-state index contributed by atoms with van der Waals surface area (Å²) in [7, 11) is 0. The van der Waals surface area contributed by atoms with Crippen LogP contribution in [0.15, 0.2) is 18.3 Å². The molecule has 0 saturated heterocycles. The van der Waals surface area contributed by atoms with Gasteiger partial charge in [0.2, 0.25) is 5.91 Å². The van der Waals surface area contributed by atoms with Gasteiger partial charge in [-0.25, -0.2) is 4.98 Å². The van der Waals surface area contributed by atoms with Gasteiger partial charge in [-0.15, -0.1) is 0 Å². The number of rotatable bonds is 3. The van der Waals surface area contributed by atoms with E-state index >= 15 is 0 Å². The van der Waals surface area contributed by atoms with E-state index in [0.29, 0.717) is 11.4 Å². The third-order valence-electron chi connectivity index (χ3n) is 1.95. The molecule has 15 heavy (non-hydrogen) atoms. The molecule has 0 aliphatic heterocycles. The maximum absolute atomic E-state index is 11.1. The van der Waals surface area contributed by atoms with Crippen LogP contribution in [0.25, 0.3) is 0 Å². The first-order chi connectivity index (χ1) is 6.95. The van der Waals surface area contributed by atoms with Gasteiger partial charge in [-0.05, 0) is 26.0 Å².